The Labute approximate surface area is 172 Å². The molecule has 6 atom stereocenters. The van der Waals surface area contributed by atoms with E-state index in [1.807, 2.05) is 31.2 Å². The SMILES string of the molecule is C=CCO[C@@H]1O[C@@H](C)[C@H](O)[C@@H](OCc2ccc(OC)cc2)[C@H]1OC(=O)[C@@H](C)CC. The number of carbonyl (C=O) groups is 1. The van der Waals surface area contributed by atoms with Crippen LogP contribution >= 0.6 is 0 Å². The largest absolute Gasteiger partial charge is 0.497 e. The van der Waals surface area contributed by atoms with Gasteiger partial charge in [-0.25, -0.2) is 0 Å². The predicted molar refractivity (Wildman–Crippen MR) is 107 cm³/mol. The van der Waals surface area contributed by atoms with Crippen LogP contribution in [0.15, 0.2) is 36.9 Å². The van der Waals surface area contributed by atoms with Crippen LogP contribution in [-0.2, 0) is 30.3 Å². The first-order valence-corrected chi connectivity index (χ1v) is 9.92. The number of aliphatic hydroxyl groups excluding tert-OH is 1. The predicted octanol–water partition coefficient (Wildman–Crippen LogP) is 2.85. The number of hydrogen-bond acceptors (Lipinski definition) is 7. The molecule has 0 spiro atoms. The van der Waals surface area contributed by atoms with Crippen molar-refractivity contribution >= 4 is 5.97 Å². The standard InChI is InChI=1S/C22H32O7/c1-6-12-26-22-20(29-21(24)14(3)7-2)19(18(23)15(4)28-22)27-13-16-8-10-17(25-5)11-9-16/h6,8-11,14-15,18-20,22-23H,1,7,12-13H2,2-5H3/t14-,15-,18-,19+,20+,22+/m0/s1. The highest BCUT2D eigenvalue weighted by Crippen LogP contribution is 2.28. The average molecular weight is 408 g/mol. The lowest BCUT2D eigenvalue weighted by molar-refractivity contribution is -0.303. The van der Waals surface area contributed by atoms with E-state index >= 15 is 0 Å². The molecule has 1 aliphatic heterocycles. The summed E-state index contributed by atoms with van der Waals surface area (Å²) < 4.78 is 28.3. The first kappa shape index (κ1) is 23.3. The highest BCUT2D eigenvalue weighted by atomic mass is 16.7. The molecule has 0 aliphatic carbocycles. The van der Waals surface area contributed by atoms with E-state index in [4.69, 9.17) is 23.7 Å². The van der Waals surface area contributed by atoms with Gasteiger partial charge in [0.2, 0.25) is 0 Å². The molecule has 7 heteroatoms. The van der Waals surface area contributed by atoms with E-state index in [9.17, 15) is 9.90 Å². The van der Waals surface area contributed by atoms with E-state index in [1.165, 1.54) is 0 Å². The molecule has 0 unspecified atom stereocenters. The second-order valence-corrected chi connectivity index (χ2v) is 7.16. The summed E-state index contributed by atoms with van der Waals surface area (Å²) in [6.45, 7) is 9.50. The van der Waals surface area contributed by atoms with Crippen LogP contribution in [0.1, 0.15) is 32.8 Å². The molecule has 1 aromatic carbocycles. The monoisotopic (exact) mass is 408 g/mol. The van der Waals surface area contributed by atoms with Crippen LogP contribution in [0.5, 0.6) is 5.75 Å². The Morgan fingerprint density at radius 1 is 1.28 bits per heavy atom. The summed E-state index contributed by atoms with van der Waals surface area (Å²) in [6, 6.07) is 7.41. The van der Waals surface area contributed by atoms with Crippen molar-refractivity contribution in [2.45, 2.75) is 64.5 Å². The van der Waals surface area contributed by atoms with Gasteiger partial charge in [-0.15, -0.1) is 6.58 Å². The van der Waals surface area contributed by atoms with Crippen LogP contribution in [0.4, 0.5) is 0 Å². The molecule has 0 saturated carbocycles. The van der Waals surface area contributed by atoms with Gasteiger partial charge in [-0.05, 0) is 31.0 Å². The van der Waals surface area contributed by atoms with E-state index in [2.05, 4.69) is 6.58 Å². The molecule has 0 aromatic heterocycles. The fraction of sp³-hybridized carbons (Fsp3) is 0.591. The molecule has 1 heterocycles. The van der Waals surface area contributed by atoms with Crippen LogP contribution in [0.25, 0.3) is 0 Å². The van der Waals surface area contributed by atoms with Gasteiger partial charge in [-0.2, -0.15) is 0 Å². The lowest BCUT2D eigenvalue weighted by Gasteiger charge is -2.43. The lowest BCUT2D eigenvalue weighted by Crippen LogP contribution is -2.60. The number of rotatable bonds is 10. The van der Waals surface area contributed by atoms with Crippen LogP contribution < -0.4 is 4.74 Å². The van der Waals surface area contributed by atoms with Crippen molar-refractivity contribution in [3.05, 3.63) is 42.5 Å². The molecule has 1 saturated heterocycles. The summed E-state index contributed by atoms with van der Waals surface area (Å²) in [7, 11) is 1.60. The summed E-state index contributed by atoms with van der Waals surface area (Å²) in [4.78, 5) is 12.4. The number of hydrogen-bond donors (Lipinski definition) is 1. The van der Waals surface area contributed by atoms with Crippen molar-refractivity contribution < 1.29 is 33.6 Å². The minimum absolute atomic E-state index is 0.218. The van der Waals surface area contributed by atoms with Crippen molar-refractivity contribution in [1.82, 2.24) is 0 Å². The molecule has 29 heavy (non-hydrogen) atoms. The van der Waals surface area contributed by atoms with Gasteiger partial charge in [0, 0.05) is 0 Å². The second-order valence-electron chi connectivity index (χ2n) is 7.16. The smallest absolute Gasteiger partial charge is 0.309 e. The van der Waals surface area contributed by atoms with Crippen molar-refractivity contribution in [2.75, 3.05) is 13.7 Å². The number of benzene rings is 1. The summed E-state index contributed by atoms with van der Waals surface area (Å²) in [5.41, 5.74) is 0.896. The van der Waals surface area contributed by atoms with E-state index in [1.54, 1.807) is 27.0 Å². The molecular formula is C22H32O7. The molecule has 1 fully saturated rings. The maximum atomic E-state index is 12.4. The van der Waals surface area contributed by atoms with Gasteiger partial charge < -0.3 is 28.8 Å². The maximum Gasteiger partial charge on any atom is 0.309 e. The van der Waals surface area contributed by atoms with E-state index < -0.39 is 30.7 Å². The van der Waals surface area contributed by atoms with Gasteiger partial charge in [0.15, 0.2) is 12.4 Å². The minimum atomic E-state index is -0.980. The first-order valence-electron chi connectivity index (χ1n) is 9.92. The molecule has 0 bridgehead atoms. The third-order valence-corrected chi connectivity index (χ3v) is 5.01. The van der Waals surface area contributed by atoms with Crippen molar-refractivity contribution in [2.24, 2.45) is 5.92 Å². The highest BCUT2D eigenvalue weighted by molar-refractivity contribution is 5.72. The molecule has 2 rings (SSSR count). The Bertz CT molecular complexity index is 645. The fourth-order valence-electron chi connectivity index (χ4n) is 2.93. The fourth-order valence-corrected chi connectivity index (χ4v) is 2.93. The summed E-state index contributed by atoms with van der Waals surface area (Å²) in [5, 5.41) is 10.7. The first-order chi connectivity index (χ1) is 13.9. The molecule has 1 N–H and O–H groups in total. The Balaban J connectivity index is 2.17. The van der Waals surface area contributed by atoms with Crippen LogP contribution in [0, 0.1) is 5.92 Å². The Morgan fingerprint density at radius 2 is 1.97 bits per heavy atom. The minimum Gasteiger partial charge on any atom is -0.497 e. The van der Waals surface area contributed by atoms with Crippen LogP contribution in [-0.4, -0.2) is 55.5 Å². The Hall–Kier alpha value is -1.93. The number of aliphatic hydroxyl groups is 1. The zero-order chi connectivity index (χ0) is 21.4. The van der Waals surface area contributed by atoms with E-state index in [-0.39, 0.29) is 25.1 Å². The van der Waals surface area contributed by atoms with Gasteiger partial charge in [0.1, 0.15) is 18.0 Å². The van der Waals surface area contributed by atoms with Gasteiger partial charge in [0.25, 0.3) is 0 Å². The van der Waals surface area contributed by atoms with Gasteiger partial charge >= 0.3 is 5.97 Å². The van der Waals surface area contributed by atoms with Crippen molar-refractivity contribution in [3.63, 3.8) is 0 Å². The van der Waals surface area contributed by atoms with Crippen molar-refractivity contribution in [3.8, 4) is 5.75 Å². The maximum absolute atomic E-state index is 12.4. The van der Waals surface area contributed by atoms with Crippen LogP contribution in [0.2, 0.25) is 0 Å². The highest BCUT2D eigenvalue weighted by Gasteiger charge is 2.47. The summed E-state index contributed by atoms with van der Waals surface area (Å²) >= 11 is 0. The number of methoxy groups -OCH3 is 1. The molecule has 1 aromatic rings. The van der Waals surface area contributed by atoms with Gasteiger partial charge in [-0.1, -0.05) is 32.1 Å². The second kappa shape index (κ2) is 11.3. The van der Waals surface area contributed by atoms with E-state index in [0.29, 0.717) is 6.42 Å². The quantitative estimate of drug-likeness (QED) is 0.471. The molecule has 0 amide bonds. The molecule has 1 aliphatic rings. The topological polar surface area (TPSA) is 83.5 Å². The van der Waals surface area contributed by atoms with Gasteiger partial charge in [-0.3, -0.25) is 4.79 Å². The number of ether oxygens (including phenoxy) is 5. The number of esters is 1. The Kier molecular flexibility index (Phi) is 9.10. The van der Waals surface area contributed by atoms with Crippen molar-refractivity contribution in [1.29, 1.82) is 0 Å². The summed E-state index contributed by atoms with van der Waals surface area (Å²) in [6.07, 6.45) is -1.87. The lowest BCUT2D eigenvalue weighted by atomic mass is 9.99. The third-order valence-electron chi connectivity index (χ3n) is 5.01. The molecule has 7 nitrogen and oxygen atoms in total. The average Bonchev–Trinajstić information content (AvgIpc) is 2.74. The normalized spacial score (nSPS) is 27.8. The number of carbonyl (C=O) groups excluding carboxylic acids is 1. The van der Waals surface area contributed by atoms with Gasteiger partial charge in [0.05, 0.1) is 32.3 Å². The third kappa shape index (κ3) is 6.27. The van der Waals surface area contributed by atoms with E-state index in [0.717, 1.165) is 11.3 Å². The molecule has 162 valence electrons. The van der Waals surface area contributed by atoms with Crippen LogP contribution in [0.3, 0.4) is 0 Å². The Morgan fingerprint density at radius 3 is 2.55 bits per heavy atom. The summed E-state index contributed by atoms with van der Waals surface area (Å²) in [5.74, 6) is 0.0774. The zero-order valence-electron chi connectivity index (χ0n) is 17.6. The molecular weight excluding hydrogens is 376 g/mol. The zero-order valence-corrected chi connectivity index (χ0v) is 17.6. The molecule has 0 radical (unpaired) electrons.